The van der Waals surface area contributed by atoms with Crippen molar-refractivity contribution in [2.24, 2.45) is 5.92 Å². The molecule has 1 aromatic carbocycles. The SMILES string of the molecule is CC.Cc1ccccc1C(=O)N(C1CCCCC1)C(C(=O)NC1CCCCC1)C1CCCCC1.[HH]. The summed E-state index contributed by atoms with van der Waals surface area (Å²) in [5.74, 6) is 0.475. The van der Waals surface area contributed by atoms with E-state index in [2.05, 4.69) is 10.2 Å². The maximum Gasteiger partial charge on any atom is 0.255 e. The van der Waals surface area contributed by atoms with Crippen molar-refractivity contribution in [3.63, 3.8) is 0 Å². The lowest BCUT2D eigenvalue weighted by Gasteiger charge is -2.44. The molecule has 0 aromatic heterocycles. The predicted octanol–water partition coefficient (Wildman–Crippen LogP) is 7.44. The normalized spacial score (nSPS) is 21.1. The molecule has 3 aliphatic carbocycles. The minimum atomic E-state index is -0.326. The minimum Gasteiger partial charge on any atom is -0.352 e. The number of hydrogen-bond donors (Lipinski definition) is 1. The first-order chi connectivity index (χ1) is 16.6. The van der Waals surface area contributed by atoms with Crippen molar-refractivity contribution >= 4 is 11.8 Å². The Morgan fingerprint density at radius 2 is 1.35 bits per heavy atom. The molecule has 0 aliphatic heterocycles. The highest BCUT2D eigenvalue weighted by Gasteiger charge is 2.41. The van der Waals surface area contributed by atoms with E-state index in [1.54, 1.807) is 0 Å². The van der Waals surface area contributed by atoms with Crippen LogP contribution in [0.2, 0.25) is 0 Å². The van der Waals surface area contributed by atoms with Gasteiger partial charge in [-0.15, -0.1) is 0 Å². The molecule has 0 radical (unpaired) electrons. The Hall–Kier alpha value is -1.84. The van der Waals surface area contributed by atoms with E-state index in [0.29, 0.717) is 0 Å². The molecule has 1 aromatic rings. The number of nitrogens with one attached hydrogen (secondary N) is 1. The monoisotopic (exact) mass is 470 g/mol. The Bertz CT molecular complexity index is 765. The van der Waals surface area contributed by atoms with Gasteiger partial charge in [0.05, 0.1) is 0 Å². The first-order valence-electron chi connectivity index (χ1n) is 14.3. The summed E-state index contributed by atoms with van der Waals surface area (Å²) in [7, 11) is 0. The number of nitrogens with zero attached hydrogens (tertiary/aromatic N) is 1. The number of carbonyl (C=O) groups excluding carboxylic acids is 2. The van der Waals surface area contributed by atoms with Gasteiger partial charge in [0.25, 0.3) is 5.91 Å². The van der Waals surface area contributed by atoms with Gasteiger partial charge in [-0.2, -0.15) is 0 Å². The van der Waals surface area contributed by atoms with Crippen LogP contribution in [0.4, 0.5) is 0 Å². The maximum atomic E-state index is 14.1. The smallest absolute Gasteiger partial charge is 0.255 e. The van der Waals surface area contributed by atoms with E-state index >= 15 is 0 Å². The maximum absolute atomic E-state index is 14.1. The largest absolute Gasteiger partial charge is 0.352 e. The number of amides is 2. The molecule has 0 saturated heterocycles. The van der Waals surface area contributed by atoms with Crippen molar-refractivity contribution in [3.8, 4) is 0 Å². The fraction of sp³-hybridized carbons (Fsp3) is 0.733. The first kappa shape index (κ1) is 26.8. The second kappa shape index (κ2) is 13.9. The topological polar surface area (TPSA) is 49.4 Å². The highest BCUT2D eigenvalue weighted by atomic mass is 16.2. The van der Waals surface area contributed by atoms with Crippen LogP contribution in [-0.2, 0) is 4.79 Å². The van der Waals surface area contributed by atoms with Gasteiger partial charge in [-0.25, -0.2) is 0 Å². The van der Waals surface area contributed by atoms with Gasteiger partial charge in [-0.3, -0.25) is 9.59 Å². The van der Waals surface area contributed by atoms with E-state index in [0.717, 1.165) is 62.5 Å². The molecule has 3 saturated carbocycles. The molecule has 1 unspecified atom stereocenters. The molecule has 0 bridgehead atoms. The Kier molecular flexibility index (Phi) is 10.9. The second-order valence-electron chi connectivity index (χ2n) is 10.5. The standard InChI is InChI=1S/C28H42N2O2.C2H6.H2/c1-21-13-11-12-20-25(21)28(32)30(24-18-9-4-10-19-24)26(22-14-5-2-6-15-22)27(31)29-23-16-7-3-8-17-23;1-2;/h11-13,20,22-24,26H,2-10,14-19H2,1H3,(H,29,31);1-2H3;1H. The summed E-state index contributed by atoms with van der Waals surface area (Å²) in [6.45, 7) is 6.02. The van der Waals surface area contributed by atoms with Crippen molar-refractivity contribution in [1.29, 1.82) is 0 Å². The molecular weight excluding hydrogens is 420 g/mol. The number of benzene rings is 1. The Morgan fingerprint density at radius 3 is 1.94 bits per heavy atom. The quantitative estimate of drug-likeness (QED) is 0.469. The third-order valence-corrected chi connectivity index (χ3v) is 8.19. The van der Waals surface area contributed by atoms with Gasteiger partial charge in [0, 0.05) is 19.1 Å². The van der Waals surface area contributed by atoms with E-state index in [9.17, 15) is 9.59 Å². The molecule has 192 valence electrons. The number of aryl methyl sites for hydroxylation is 1. The van der Waals surface area contributed by atoms with Crippen LogP contribution in [0.5, 0.6) is 0 Å². The zero-order valence-corrected chi connectivity index (χ0v) is 22.0. The summed E-state index contributed by atoms with van der Waals surface area (Å²) in [5, 5.41) is 3.42. The second-order valence-corrected chi connectivity index (χ2v) is 10.5. The van der Waals surface area contributed by atoms with Crippen molar-refractivity contribution in [2.75, 3.05) is 0 Å². The molecule has 1 atom stereocenters. The summed E-state index contributed by atoms with van der Waals surface area (Å²) in [6, 6.07) is 8.05. The van der Waals surface area contributed by atoms with Crippen LogP contribution in [0.1, 0.15) is 128 Å². The summed E-state index contributed by atoms with van der Waals surface area (Å²) in [6.07, 6.45) is 17.2. The average Bonchev–Trinajstić information content (AvgIpc) is 2.90. The number of carbonyl (C=O) groups is 2. The molecule has 4 rings (SSSR count). The lowest BCUT2D eigenvalue weighted by Crippen LogP contribution is -2.59. The summed E-state index contributed by atoms with van der Waals surface area (Å²) in [4.78, 5) is 30.1. The van der Waals surface area contributed by atoms with Crippen LogP contribution in [0.15, 0.2) is 24.3 Å². The van der Waals surface area contributed by atoms with Crippen molar-refractivity contribution in [1.82, 2.24) is 10.2 Å². The average molecular weight is 471 g/mol. The zero-order chi connectivity index (χ0) is 24.3. The van der Waals surface area contributed by atoms with Crippen molar-refractivity contribution < 1.29 is 11.0 Å². The highest BCUT2D eigenvalue weighted by molar-refractivity contribution is 5.99. The summed E-state index contributed by atoms with van der Waals surface area (Å²) in [5.41, 5.74) is 1.78. The van der Waals surface area contributed by atoms with Crippen LogP contribution in [0.25, 0.3) is 0 Å². The van der Waals surface area contributed by atoms with E-state index < -0.39 is 0 Å². The number of hydrogen-bond acceptors (Lipinski definition) is 2. The van der Waals surface area contributed by atoms with Crippen LogP contribution < -0.4 is 5.32 Å². The van der Waals surface area contributed by atoms with Crippen LogP contribution >= 0.6 is 0 Å². The van der Waals surface area contributed by atoms with Crippen molar-refractivity contribution in [2.45, 2.75) is 135 Å². The Labute approximate surface area is 209 Å². The van der Waals surface area contributed by atoms with Gasteiger partial charge in [0.2, 0.25) is 5.91 Å². The first-order valence-corrected chi connectivity index (χ1v) is 14.3. The van der Waals surface area contributed by atoms with Gasteiger partial charge in [0.1, 0.15) is 6.04 Å². The van der Waals surface area contributed by atoms with E-state index in [1.165, 1.54) is 44.9 Å². The van der Waals surface area contributed by atoms with Crippen LogP contribution in [0.3, 0.4) is 0 Å². The molecular formula is C30H50N2O2. The fourth-order valence-electron chi connectivity index (χ4n) is 6.38. The van der Waals surface area contributed by atoms with Gasteiger partial charge in [-0.1, -0.05) is 89.8 Å². The summed E-state index contributed by atoms with van der Waals surface area (Å²) < 4.78 is 0. The van der Waals surface area contributed by atoms with Gasteiger partial charge >= 0.3 is 0 Å². The minimum absolute atomic E-state index is 0. The third-order valence-electron chi connectivity index (χ3n) is 8.19. The van der Waals surface area contributed by atoms with Crippen LogP contribution in [0, 0.1) is 12.8 Å². The Morgan fingerprint density at radius 1 is 0.824 bits per heavy atom. The predicted molar refractivity (Wildman–Crippen MR) is 143 cm³/mol. The molecule has 0 spiro atoms. The van der Waals surface area contributed by atoms with E-state index in [1.807, 2.05) is 45.0 Å². The molecule has 34 heavy (non-hydrogen) atoms. The lowest BCUT2D eigenvalue weighted by molar-refractivity contribution is -0.130. The molecule has 2 amide bonds. The van der Waals surface area contributed by atoms with Gasteiger partial charge in [-0.05, 0) is 63.0 Å². The third kappa shape index (κ3) is 6.86. The number of rotatable bonds is 6. The molecule has 1 N–H and O–H groups in total. The summed E-state index contributed by atoms with van der Waals surface area (Å²) >= 11 is 0. The molecule has 4 heteroatoms. The lowest BCUT2D eigenvalue weighted by atomic mass is 9.80. The van der Waals surface area contributed by atoms with Gasteiger partial charge < -0.3 is 10.2 Å². The van der Waals surface area contributed by atoms with E-state index in [4.69, 9.17) is 0 Å². The Balaban J connectivity index is 0.00000140. The van der Waals surface area contributed by atoms with Crippen molar-refractivity contribution in [3.05, 3.63) is 35.4 Å². The van der Waals surface area contributed by atoms with Gasteiger partial charge in [0.15, 0.2) is 0 Å². The van der Waals surface area contributed by atoms with E-state index in [-0.39, 0.29) is 37.3 Å². The molecule has 0 heterocycles. The van der Waals surface area contributed by atoms with Crippen LogP contribution in [-0.4, -0.2) is 34.8 Å². The molecule has 4 nitrogen and oxygen atoms in total. The fourth-order valence-corrected chi connectivity index (χ4v) is 6.38. The molecule has 3 fully saturated rings. The zero-order valence-electron chi connectivity index (χ0n) is 22.0. The molecule has 3 aliphatic rings. The highest BCUT2D eigenvalue weighted by Crippen LogP contribution is 2.35.